The van der Waals surface area contributed by atoms with Crippen LogP contribution in [-0.2, 0) is 6.54 Å². The predicted octanol–water partition coefficient (Wildman–Crippen LogP) is 5.88. The zero-order chi connectivity index (χ0) is 17.0. The maximum atomic E-state index is 4.21. The van der Waals surface area contributed by atoms with Crippen molar-refractivity contribution in [1.82, 2.24) is 5.32 Å². The van der Waals surface area contributed by atoms with Gasteiger partial charge in [-0.25, -0.2) is 0 Å². The number of aryl methyl sites for hydroxylation is 2. The highest BCUT2D eigenvalue weighted by atomic mass is 14.9. The van der Waals surface area contributed by atoms with Gasteiger partial charge in [0, 0.05) is 12.2 Å². The summed E-state index contributed by atoms with van der Waals surface area (Å²) in [7, 11) is 0. The van der Waals surface area contributed by atoms with Crippen molar-refractivity contribution in [2.75, 3.05) is 0 Å². The van der Waals surface area contributed by atoms with Crippen LogP contribution in [0.1, 0.15) is 48.6 Å². The van der Waals surface area contributed by atoms with Crippen LogP contribution in [0.25, 0.3) is 11.3 Å². The van der Waals surface area contributed by atoms with Crippen molar-refractivity contribution in [3.05, 3.63) is 82.4 Å². The van der Waals surface area contributed by atoms with E-state index in [-0.39, 0.29) is 0 Å². The highest BCUT2D eigenvalue weighted by molar-refractivity contribution is 5.73. The molecule has 0 aromatic heterocycles. The number of hydrogen-bond acceptors (Lipinski definition) is 1. The lowest BCUT2D eigenvalue weighted by molar-refractivity contribution is 0.891. The molecular weight excluding hydrogens is 278 g/mol. The van der Waals surface area contributed by atoms with E-state index in [0.29, 0.717) is 0 Å². The van der Waals surface area contributed by atoms with Gasteiger partial charge in [-0.2, -0.15) is 0 Å². The second kappa shape index (κ2) is 7.32. The summed E-state index contributed by atoms with van der Waals surface area (Å²) in [5, 5.41) is 3.44. The normalized spacial score (nSPS) is 10.3. The SMILES string of the molecule is C=C(NCc1ccc(C)cc1)c1ccc(C)c(C(C)=C(C)C)c1. The molecule has 23 heavy (non-hydrogen) atoms. The van der Waals surface area contributed by atoms with Crippen molar-refractivity contribution in [2.24, 2.45) is 0 Å². The van der Waals surface area contributed by atoms with Gasteiger partial charge in [-0.3, -0.25) is 0 Å². The third kappa shape index (κ3) is 4.35. The average molecular weight is 305 g/mol. The molecule has 0 atom stereocenters. The molecule has 1 heteroatoms. The van der Waals surface area contributed by atoms with Crippen molar-refractivity contribution in [3.8, 4) is 0 Å². The van der Waals surface area contributed by atoms with Crippen LogP contribution in [0.5, 0.6) is 0 Å². The zero-order valence-electron chi connectivity index (χ0n) is 15.0. The van der Waals surface area contributed by atoms with Crippen LogP contribution in [0.15, 0.2) is 54.6 Å². The molecule has 2 rings (SSSR count). The first kappa shape index (κ1) is 17.1. The second-order valence-corrected chi connectivity index (χ2v) is 6.47. The Balaban J connectivity index is 2.15. The van der Waals surface area contributed by atoms with Crippen LogP contribution in [-0.4, -0.2) is 0 Å². The van der Waals surface area contributed by atoms with Crippen molar-refractivity contribution >= 4 is 11.3 Å². The summed E-state index contributed by atoms with van der Waals surface area (Å²) < 4.78 is 0. The molecule has 0 heterocycles. The Hall–Kier alpha value is -2.28. The highest BCUT2D eigenvalue weighted by Gasteiger charge is 2.06. The molecule has 0 amide bonds. The molecule has 0 aliphatic heterocycles. The molecule has 1 nitrogen and oxygen atoms in total. The standard InChI is InChI=1S/C22H27N/c1-15(2)18(5)22-13-21(12-9-17(22)4)19(6)23-14-20-10-7-16(3)8-11-20/h7-13,23H,6,14H2,1-5H3. The molecule has 1 N–H and O–H groups in total. The van der Waals surface area contributed by atoms with Gasteiger partial charge in [0.05, 0.1) is 0 Å². The number of benzene rings is 2. The van der Waals surface area contributed by atoms with Crippen molar-refractivity contribution in [3.63, 3.8) is 0 Å². The van der Waals surface area contributed by atoms with Gasteiger partial charge >= 0.3 is 0 Å². The van der Waals surface area contributed by atoms with E-state index in [1.54, 1.807) is 0 Å². The van der Waals surface area contributed by atoms with Gasteiger partial charge in [0.15, 0.2) is 0 Å². The molecule has 0 saturated heterocycles. The van der Waals surface area contributed by atoms with Gasteiger partial charge in [0.2, 0.25) is 0 Å². The van der Waals surface area contributed by atoms with Crippen LogP contribution in [0, 0.1) is 13.8 Å². The third-order valence-electron chi connectivity index (χ3n) is 4.37. The summed E-state index contributed by atoms with van der Waals surface area (Å²) in [5.74, 6) is 0. The van der Waals surface area contributed by atoms with Crippen LogP contribution in [0.4, 0.5) is 0 Å². The van der Waals surface area contributed by atoms with E-state index in [1.807, 2.05) is 0 Å². The molecule has 120 valence electrons. The Labute approximate surface area is 140 Å². The van der Waals surface area contributed by atoms with Gasteiger partial charge in [0.1, 0.15) is 0 Å². The second-order valence-electron chi connectivity index (χ2n) is 6.47. The molecule has 0 spiro atoms. The van der Waals surface area contributed by atoms with Crippen molar-refractivity contribution in [2.45, 2.75) is 41.2 Å². The van der Waals surface area contributed by atoms with E-state index in [1.165, 1.54) is 33.4 Å². The van der Waals surface area contributed by atoms with Gasteiger partial charge < -0.3 is 5.32 Å². The lowest BCUT2D eigenvalue weighted by atomic mass is 9.95. The average Bonchev–Trinajstić information content (AvgIpc) is 2.53. The van der Waals surface area contributed by atoms with Crippen molar-refractivity contribution < 1.29 is 0 Å². The Morgan fingerprint density at radius 2 is 1.61 bits per heavy atom. The maximum Gasteiger partial charge on any atom is 0.0400 e. The molecule has 0 aliphatic carbocycles. The molecule has 2 aromatic carbocycles. The number of nitrogens with one attached hydrogen (secondary N) is 1. The smallest absolute Gasteiger partial charge is 0.0400 e. The quantitative estimate of drug-likeness (QED) is 0.727. The van der Waals surface area contributed by atoms with Crippen molar-refractivity contribution in [1.29, 1.82) is 0 Å². The summed E-state index contributed by atoms with van der Waals surface area (Å²) in [5.41, 5.74) is 9.97. The Kier molecular flexibility index (Phi) is 5.44. The lowest BCUT2D eigenvalue weighted by Gasteiger charge is -2.14. The van der Waals surface area contributed by atoms with E-state index in [4.69, 9.17) is 0 Å². The third-order valence-corrected chi connectivity index (χ3v) is 4.37. The molecule has 0 bridgehead atoms. The fourth-order valence-electron chi connectivity index (χ4n) is 2.50. The number of rotatable bonds is 5. The maximum absolute atomic E-state index is 4.21. The molecule has 0 radical (unpaired) electrons. The first-order chi connectivity index (χ1) is 10.9. The Morgan fingerprint density at radius 1 is 0.957 bits per heavy atom. The zero-order valence-corrected chi connectivity index (χ0v) is 15.0. The minimum absolute atomic E-state index is 0.796. The lowest BCUT2D eigenvalue weighted by Crippen LogP contribution is -2.11. The van der Waals surface area contributed by atoms with E-state index in [2.05, 4.69) is 89.0 Å². The van der Waals surface area contributed by atoms with Gasteiger partial charge in [-0.05, 0) is 68.5 Å². The molecule has 0 saturated carbocycles. The van der Waals surface area contributed by atoms with E-state index >= 15 is 0 Å². The Bertz CT molecular complexity index is 729. The molecule has 0 unspecified atom stereocenters. The Morgan fingerprint density at radius 3 is 2.22 bits per heavy atom. The molecule has 2 aromatic rings. The van der Waals surface area contributed by atoms with Crippen LogP contribution < -0.4 is 5.32 Å². The largest absolute Gasteiger partial charge is 0.381 e. The van der Waals surface area contributed by atoms with E-state index in [0.717, 1.165) is 17.8 Å². The van der Waals surface area contributed by atoms with Crippen LogP contribution in [0.2, 0.25) is 0 Å². The van der Waals surface area contributed by atoms with Gasteiger partial charge in [-0.15, -0.1) is 0 Å². The fourth-order valence-corrected chi connectivity index (χ4v) is 2.50. The summed E-state index contributed by atoms with van der Waals surface area (Å²) in [4.78, 5) is 0. The molecular formula is C22H27N. The number of allylic oxidation sites excluding steroid dienone is 2. The highest BCUT2D eigenvalue weighted by Crippen LogP contribution is 2.25. The van der Waals surface area contributed by atoms with E-state index in [9.17, 15) is 0 Å². The summed E-state index contributed by atoms with van der Waals surface area (Å²) in [6.45, 7) is 15.8. The van der Waals surface area contributed by atoms with Gasteiger partial charge in [-0.1, -0.05) is 54.1 Å². The van der Waals surface area contributed by atoms with Crippen LogP contribution >= 0.6 is 0 Å². The topological polar surface area (TPSA) is 12.0 Å². The minimum Gasteiger partial charge on any atom is -0.381 e. The van der Waals surface area contributed by atoms with Crippen LogP contribution in [0.3, 0.4) is 0 Å². The van der Waals surface area contributed by atoms with Gasteiger partial charge in [0.25, 0.3) is 0 Å². The van der Waals surface area contributed by atoms with E-state index < -0.39 is 0 Å². The first-order valence-electron chi connectivity index (χ1n) is 8.12. The summed E-state index contributed by atoms with van der Waals surface area (Å²) in [6.07, 6.45) is 0. The predicted molar refractivity (Wildman–Crippen MR) is 102 cm³/mol. The number of hydrogen-bond donors (Lipinski definition) is 1. The molecule has 0 fully saturated rings. The minimum atomic E-state index is 0.796. The fraction of sp³-hybridized carbons (Fsp3) is 0.273. The summed E-state index contributed by atoms with van der Waals surface area (Å²) >= 11 is 0. The monoisotopic (exact) mass is 305 g/mol. The summed E-state index contributed by atoms with van der Waals surface area (Å²) in [6, 6.07) is 15.1. The molecule has 0 aliphatic rings. The first-order valence-corrected chi connectivity index (χ1v) is 8.12.